The minimum absolute atomic E-state index is 0.0592. The van der Waals surface area contributed by atoms with Crippen molar-refractivity contribution < 1.29 is 26.0 Å². The van der Waals surface area contributed by atoms with E-state index in [0.717, 1.165) is 0 Å². The first-order chi connectivity index (χ1) is 13.7. The fraction of sp³-hybridized carbons (Fsp3) is 0.400. The Hall–Kier alpha value is -1.97. The van der Waals surface area contributed by atoms with Gasteiger partial charge in [0.15, 0.2) is 19.7 Å². The minimum Gasteiger partial charge on any atom is -0.494 e. The number of rotatable bonds is 8. The summed E-state index contributed by atoms with van der Waals surface area (Å²) >= 11 is 0. The normalized spacial score (nSPS) is 21.2. The van der Waals surface area contributed by atoms with Crippen LogP contribution in [-0.2, 0) is 26.1 Å². The molecule has 2 aromatic rings. The third kappa shape index (κ3) is 5.15. The topological polar surface area (TPSA) is 89.5 Å². The predicted molar refractivity (Wildman–Crippen MR) is 109 cm³/mol. The highest BCUT2D eigenvalue weighted by atomic mass is 32.2. The van der Waals surface area contributed by atoms with Gasteiger partial charge in [-0.25, -0.2) is 21.2 Å². The van der Waals surface area contributed by atoms with E-state index in [9.17, 15) is 21.2 Å². The van der Waals surface area contributed by atoms with Crippen LogP contribution in [0.5, 0.6) is 5.75 Å². The van der Waals surface area contributed by atoms with E-state index >= 15 is 0 Å². The van der Waals surface area contributed by atoms with Gasteiger partial charge in [-0.05, 0) is 55.8 Å². The van der Waals surface area contributed by atoms with Gasteiger partial charge in [0, 0.05) is 6.04 Å². The van der Waals surface area contributed by atoms with Gasteiger partial charge >= 0.3 is 0 Å². The molecule has 6 nitrogen and oxygen atoms in total. The van der Waals surface area contributed by atoms with Crippen molar-refractivity contribution in [3.63, 3.8) is 0 Å². The molecule has 1 aliphatic heterocycles. The molecule has 1 fully saturated rings. The molecule has 0 saturated carbocycles. The molecule has 0 amide bonds. The molecule has 1 N–H and O–H groups in total. The molecule has 1 saturated heterocycles. The van der Waals surface area contributed by atoms with Gasteiger partial charge < -0.3 is 10.1 Å². The van der Waals surface area contributed by atoms with Gasteiger partial charge in [0.25, 0.3) is 0 Å². The molecule has 2 aromatic carbocycles. The van der Waals surface area contributed by atoms with Crippen LogP contribution in [0.15, 0.2) is 53.4 Å². The van der Waals surface area contributed by atoms with Crippen LogP contribution in [0.1, 0.15) is 12.5 Å². The molecule has 0 aliphatic carbocycles. The molecule has 2 unspecified atom stereocenters. The molecule has 158 valence electrons. The average Bonchev–Trinajstić information content (AvgIpc) is 2.99. The lowest BCUT2D eigenvalue weighted by Crippen LogP contribution is -2.44. The third-order valence-electron chi connectivity index (χ3n) is 4.92. The van der Waals surface area contributed by atoms with Crippen LogP contribution in [0.3, 0.4) is 0 Å². The lowest BCUT2D eigenvalue weighted by Gasteiger charge is -2.20. The van der Waals surface area contributed by atoms with Crippen molar-refractivity contribution >= 4 is 19.7 Å². The molecule has 0 radical (unpaired) electrons. The van der Waals surface area contributed by atoms with E-state index < -0.39 is 36.7 Å². The molecular weight excluding hydrogens is 417 g/mol. The van der Waals surface area contributed by atoms with Crippen molar-refractivity contribution in [3.8, 4) is 5.75 Å². The molecular formula is C20H24FNO5S2. The summed E-state index contributed by atoms with van der Waals surface area (Å²) in [6.45, 7) is 2.56. The van der Waals surface area contributed by atoms with Gasteiger partial charge in [-0.15, -0.1) is 0 Å². The molecule has 9 heteroatoms. The second kappa shape index (κ2) is 8.81. The van der Waals surface area contributed by atoms with Crippen molar-refractivity contribution in [2.24, 2.45) is 0 Å². The molecule has 2 atom stereocenters. The van der Waals surface area contributed by atoms with Crippen molar-refractivity contribution in [3.05, 3.63) is 59.9 Å². The summed E-state index contributed by atoms with van der Waals surface area (Å²) in [4.78, 5) is 0.0592. The molecule has 29 heavy (non-hydrogen) atoms. The molecule has 0 spiro atoms. The molecule has 3 rings (SSSR count). The maximum Gasteiger partial charge on any atom is 0.183 e. The number of sulfone groups is 2. The largest absolute Gasteiger partial charge is 0.494 e. The van der Waals surface area contributed by atoms with Crippen LogP contribution < -0.4 is 10.1 Å². The van der Waals surface area contributed by atoms with Gasteiger partial charge in [0.05, 0.1) is 28.3 Å². The third-order valence-corrected chi connectivity index (χ3v) is 9.09. The Morgan fingerprint density at radius 2 is 1.79 bits per heavy atom. The lowest BCUT2D eigenvalue weighted by atomic mass is 10.1. The van der Waals surface area contributed by atoms with Gasteiger partial charge in [-0.1, -0.05) is 18.2 Å². The van der Waals surface area contributed by atoms with E-state index in [1.807, 2.05) is 6.92 Å². The lowest BCUT2D eigenvalue weighted by molar-refractivity contribution is 0.340. The number of ether oxygens (including phenoxy) is 1. The fourth-order valence-electron chi connectivity index (χ4n) is 3.47. The standard InChI is InChI=1S/C20H24FNO5S2/c1-2-27-16-7-9-17(10-8-16)29(25,26)20-14-28(23,24)13-19(20)22-12-11-15-5-3-4-6-18(15)21/h3-10,19-20,22H,2,11-14H2,1H3. The molecule has 0 bridgehead atoms. The van der Waals surface area contributed by atoms with Gasteiger partial charge in [0.1, 0.15) is 11.6 Å². The maximum atomic E-state index is 13.8. The summed E-state index contributed by atoms with van der Waals surface area (Å²) in [5, 5.41) is 1.93. The Morgan fingerprint density at radius 1 is 1.10 bits per heavy atom. The highest BCUT2D eigenvalue weighted by Gasteiger charge is 2.45. The number of benzene rings is 2. The molecule has 0 aromatic heterocycles. The summed E-state index contributed by atoms with van der Waals surface area (Å²) in [6, 6.07) is 11.5. The first-order valence-corrected chi connectivity index (χ1v) is 12.7. The summed E-state index contributed by atoms with van der Waals surface area (Å²) in [5.74, 6) is -0.484. The van der Waals surface area contributed by atoms with Crippen LogP contribution in [0.4, 0.5) is 4.39 Å². The Labute approximate surface area is 170 Å². The molecule has 1 heterocycles. The van der Waals surface area contributed by atoms with Crippen molar-refractivity contribution in [1.29, 1.82) is 0 Å². The first-order valence-electron chi connectivity index (χ1n) is 9.37. The summed E-state index contributed by atoms with van der Waals surface area (Å²) in [7, 11) is -7.36. The number of hydrogen-bond acceptors (Lipinski definition) is 6. The zero-order chi connectivity index (χ0) is 21.1. The zero-order valence-corrected chi connectivity index (χ0v) is 17.7. The Balaban J connectivity index is 1.75. The second-order valence-corrected chi connectivity index (χ2v) is 11.3. The van der Waals surface area contributed by atoms with E-state index in [0.29, 0.717) is 24.3 Å². The summed E-state index contributed by atoms with van der Waals surface area (Å²) in [5.41, 5.74) is 0.492. The van der Waals surface area contributed by atoms with Gasteiger partial charge in [0.2, 0.25) is 0 Å². The first kappa shape index (κ1) is 21.7. The summed E-state index contributed by atoms with van der Waals surface area (Å²) in [6.07, 6.45) is 0.332. The highest BCUT2D eigenvalue weighted by molar-refractivity contribution is 7.96. The van der Waals surface area contributed by atoms with E-state index in [1.54, 1.807) is 30.3 Å². The maximum absolute atomic E-state index is 13.8. The van der Waals surface area contributed by atoms with Crippen LogP contribution >= 0.6 is 0 Å². The van der Waals surface area contributed by atoms with Crippen molar-refractivity contribution in [2.45, 2.75) is 29.5 Å². The van der Waals surface area contributed by atoms with Crippen LogP contribution in [0.25, 0.3) is 0 Å². The predicted octanol–water partition coefficient (Wildman–Crippen LogP) is 2.00. The van der Waals surface area contributed by atoms with Crippen molar-refractivity contribution in [2.75, 3.05) is 24.7 Å². The number of hydrogen-bond donors (Lipinski definition) is 1. The Morgan fingerprint density at radius 3 is 2.45 bits per heavy atom. The van der Waals surface area contributed by atoms with E-state index in [1.165, 1.54) is 18.2 Å². The van der Waals surface area contributed by atoms with E-state index in [4.69, 9.17) is 4.74 Å². The SMILES string of the molecule is CCOc1ccc(S(=O)(=O)C2CS(=O)(=O)CC2NCCc2ccccc2F)cc1. The highest BCUT2D eigenvalue weighted by Crippen LogP contribution is 2.27. The Bertz CT molecular complexity index is 1050. The van der Waals surface area contributed by atoms with Crippen molar-refractivity contribution in [1.82, 2.24) is 5.32 Å². The van der Waals surface area contributed by atoms with E-state index in [2.05, 4.69) is 5.32 Å². The van der Waals surface area contributed by atoms with Gasteiger partial charge in [-0.3, -0.25) is 0 Å². The zero-order valence-electron chi connectivity index (χ0n) is 16.0. The smallest absolute Gasteiger partial charge is 0.183 e. The van der Waals surface area contributed by atoms with Gasteiger partial charge in [-0.2, -0.15) is 0 Å². The fourth-order valence-corrected chi connectivity index (χ4v) is 8.19. The quantitative estimate of drug-likeness (QED) is 0.674. The van der Waals surface area contributed by atoms with Crippen LogP contribution in [0.2, 0.25) is 0 Å². The second-order valence-electron chi connectivity index (χ2n) is 6.97. The molecule has 1 aliphatic rings. The van der Waals surface area contributed by atoms with Crippen LogP contribution in [0, 0.1) is 5.82 Å². The van der Waals surface area contributed by atoms with Crippen LogP contribution in [-0.4, -0.2) is 52.8 Å². The Kier molecular flexibility index (Phi) is 6.60. The average molecular weight is 442 g/mol. The number of nitrogens with one attached hydrogen (secondary N) is 1. The monoisotopic (exact) mass is 441 g/mol. The number of halogens is 1. The van der Waals surface area contributed by atoms with E-state index in [-0.39, 0.29) is 23.0 Å². The summed E-state index contributed by atoms with van der Waals surface area (Å²) < 4.78 is 69.6. The minimum atomic E-state index is -3.87.